The van der Waals surface area contributed by atoms with Crippen molar-refractivity contribution in [1.82, 2.24) is 4.90 Å². The van der Waals surface area contributed by atoms with Crippen molar-refractivity contribution in [2.24, 2.45) is 5.92 Å². The molecule has 2 aliphatic rings. The number of rotatable bonds is 2. The largest absolute Gasteiger partial charge is 0.393 e. The van der Waals surface area contributed by atoms with E-state index in [1.54, 1.807) is 24.3 Å². The Kier molecular flexibility index (Phi) is 4.44. The van der Waals surface area contributed by atoms with Gasteiger partial charge in [0.1, 0.15) is 5.82 Å². The van der Waals surface area contributed by atoms with Gasteiger partial charge in [0.05, 0.1) is 12.7 Å². The molecule has 2 heterocycles. The van der Waals surface area contributed by atoms with Crippen molar-refractivity contribution in [3.63, 3.8) is 0 Å². The number of amides is 1. The van der Waals surface area contributed by atoms with E-state index >= 15 is 0 Å². The van der Waals surface area contributed by atoms with Crippen LogP contribution in [0.25, 0.3) is 10.8 Å². The van der Waals surface area contributed by atoms with Crippen molar-refractivity contribution < 1.29 is 19.0 Å². The summed E-state index contributed by atoms with van der Waals surface area (Å²) in [6, 6.07) is 9.98. The zero-order valence-corrected chi connectivity index (χ0v) is 14.0. The molecule has 0 spiro atoms. The first-order chi connectivity index (χ1) is 12.2. The van der Waals surface area contributed by atoms with Crippen LogP contribution in [0.2, 0.25) is 0 Å². The SMILES string of the molecule is O=C(c1ccc(F)c2ccccc12)N1CCC[C@@H]1[C@@H]1COCC[C@@H]1O. The maximum Gasteiger partial charge on any atom is 0.254 e. The van der Waals surface area contributed by atoms with Crippen molar-refractivity contribution >= 4 is 16.7 Å². The van der Waals surface area contributed by atoms with E-state index in [9.17, 15) is 14.3 Å². The summed E-state index contributed by atoms with van der Waals surface area (Å²) in [5.74, 6) is -0.454. The van der Waals surface area contributed by atoms with Crippen LogP contribution >= 0.6 is 0 Å². The second-order valence-corrected chi connectivity index (χ2v) is 6.94. The van der Waals surface area contributed by atoms with Gasteiger partial charge in [0.2, 0.25) is 0 Å². The molecule has 2 aromatic rings. The molecule has 5 heteroatoms. The summed E-state index contributed by atoms with van der Waals surface area (Å²) in [6.07, 6.45) is 1.97. The zero-order chi connectivity index (χ0) is 17.4. The molecule has 4 rings (SSSR count). The number of carbonyl (C=O) groups excluding carboxylic acids is 1. The van der Waals surface area contributed by atoms with Crippen molar-refractivity contribution in [3.05, 3.63) is 47.8 Å². The number of likely N-dealkylation sites (tertiary alicyclic amines) is 1. The van der Waals surface area contributed by atoms with E-state index in [0.29, 0.717) is 42.5 Å². The molecule has 1 N–H and O–H groups in total. The third-order valence-corrected chi connectivity index (χ3v) is 5.52. The van der Waals surface area contributed by atoms with Gasteiger partial charge in [-0.2, -0.15) is 0 Å². The molecule has 0 unspecified atom stereocenters. The topological polar surface area (TPSA) is 49.8 Å². The van der Waals surface area contributed by atoms with Crippen LogP contribution < -0.4 is 0 Å². The van der Waals surface area contributed by atoms with Gasteiger partial charge < -0.3 is 14.7 Å². The normalized spacial score (nSPS) is 27.0. The van der Waals surface area contributed by atoms with E-state index < -0.39 is 6.10 Å². The van der Waals surface area contributed by atoms with E-state index in [4.69, 9.17) is 4.74 Å². The first-order valence-electron chi connectivity index (χ1n) is 8.91. The van der Waals surface area contributed by atoms with Gasteiger partial charge in [-0.05, 0) is 36.8 Å². The number of hydrogen-bond donors (Lipinski definition) is 1. The summed E-state index contributed by atoms with van der Waals surface area (Å²) in [4.78, 5) is 15.1. The number of nitrogens with zero attached hydrogens (tertiary/aromatic N) is 1. The molecule has 2 aliphatic heterocycles. The third kappa shape index (κ3) is 2.92. The molecule has 4 nitrogen and oxygen atoms in total. The number of aliphatic hydroxyl groups is 1. The van der Waals surface area contributed by atoms with Crippen molar-refractivity contribution in [2.75, 3.05) is 19.8 Å². The van der Waals surface area contributed by atoms with Crippen LogP contribution in [-0.2, 0) is 4.74 Å². The molecule has 25 heavy (non-hydrogen) atoms. The Labute approximate surface area is 146 Å². The van der Waals surface area contributed by atoms with Crippen LogP contribution in [0.3, 0.4) is 0 Å². The van der Waals surface area contributed by atoms with Gasteiger partial charge in [-0.15, -0.1) is 0 Å². The third-order valence-electron chi connectivity index (χ3n) is 5.52. The number of ether oxygens (including phenoxy) is 1. The predicted molar refractivity (Wildman–Crippen MR) is 92.9 cm³/mol. The highest BCUT2D eigenvalue weighted by molar-refractivity contribution is 6.07. The molecule has 0 aliphatic carbocycles. The first-order valence-corrected chi connectivity index (χ1v) is 8.91. The average Bonchev–Trinajstić information content (AvgIpc) is 3.12. The molecular formula is C20H22FNO3. The minimum atomic E-state index is -0.433. The number of hydrogen-bond acceptors (Lipinski definition) is 3. The molecule has 0 saturated carbocycles. The predicted octanol–water partition coefficient (Wildman–Crippen LogP) is 2.98. The molecule has 3 atom stereocenters. The fraction of sp³-hybridized carbons (Fsp3) is 0.450. The molecule has 2 fully saturated rings. The second kappa shape index (κ2) is 6.73. The van der Waals surface area contributed by atoms with Gasteiger partial charge in [0.15, 0.2) is 0 Å². The lowest BCUT2D eigenvalue weighted by molar-refractivity contribution is -0.0589. The molecule has 0 bridgehead atoms. The van der Waals surface area contributed by atoms with Crippen LogP contribution in [0.4, 0.5) is 4.39 Å². The molecule has 132 valence electrons. The van der Waals surface area contributed by atoms with E-state index in [-0.39, 0.29) is 23.7 Å². The van der Waals surface area contributed by atoms with Gasteiger partial charge in [-0.25, -0.2) is 4.39 Å². The minimum Gasteiger partial charge on any atom is -0.393 e. The number of halogens is 1. The standard InChI is InChI=1S/C20H22FNO3/c21-17-8-7-15(13-4-1-2-5-14(13)17)20(24)22-10-3-6-18(22)16-12-25-11-9-19(16)23/h1-2,4-5,7-8,16,18-19,23H,3,6,9-12H2/t16-,18+,19-/m0/s1. The van der Waals surface area contributed by atoms with Crippen molar-refractivity contribution in [2.45, 2.75) is 31.4 Å². The quantitative estimate of drug-likeness (QED) is 0.912. The fourth-order valence-electron chi connectivity index (χ4n) is 4.21. The highest BCUT2D eigenvalue weighted by Crippen LogP contribution is 2.32. The monoisotopic (exact) mass is 343 g/mol. The van der Waals surface area contributed by atoms with Crippen LogP contribution in [0.5, 0.6) is 0 Å². The highest BCUT2D eigenvalue weighted by atomic mass is 19.1. The Balaban J connectivity index is 1.67. The molecule has 2 saturated heterocycles. The molecular weight excluding hydrogens is 321 g/mol. The van der Waals surface area contributed by atoms with Crippen LogP contribution in [-0.4, -0.2) is 47.8 Å². The van der Waals surface area contributed by atoms with Crippen molar-refractivity contribution in [1.29, 1.82) is 0 Å². The van der Waals surface area contributed by atoms with E-state index in [1.165, 1.54) is 6.07 Å². The Bertz CT molecular complexity index is 794. The smallest absolute Gasteiger partial charge is 0.254 e. The Morgan fingerprint density at radius 2 is 1.96 bits per heavy atom. The average molecular weight is 343 g/mol. The Morgan fingerprint density at radius 3 is 2.76 bits per heavy atom. The summed E-state index contributed by atoms with van der Waals surface area (Å²) >= 11 is 0. The zero-order valence-electron chi connectivity index (χ0n) is 14.0. The highest BCUT2D eigenvalue weighted by Gasteiger charge is 2.40. The molecule has 0 radical (unpaired) electrons. The van der Waals surface area contributed by atoms with Gasteiger partial charge in [-0.1, -0.05) is 24.3 Å². The Hall–Kier alpha value is -1.98. The van der Waals surface area contributed by atoms with Gasteiger partial charge >= 0.3 is 0 Å². The Morgan fingerprint density at radius 1 is 1.16 bits per heavy atom. The second-order valence-electron chi connectivity index (χ2n) is 6.94. The van der Waals surface area contributed by atoms with Gasteiger partial charge in [0.25, 0.3) is 5.91 Å². The maximum atomic E-state index is 14.1. The summed E-state index contributed by atoms with van der Waals surface area (Å²) in [5.41, 5.74) is 0.523. The number of carbonyl (C=O) groups is 1. The lowest BCUT2D eigenvalue weighted by Crippen LogP contribution is -2.48. The maximum absolute atomic E-state index is 14.1. The molecule has 2 aromatic carbocycles. The van der Waals surface area contributed by atoms with E-state index in [2.05, 4.69) is 0 Å². The van der Waals surface area contributed by atoms with Gasteiger partial charge in [0, 0.05) is 36.1 Å². The van der Waals surface area contributed by atoms with Crippen LogP contribution in [0, 0.1) is 11.7 Å². The number of fused-ring (bicyclic) bond motifs is 1. The lowest BCUT2D eigenvalue weighted by Gasteiger charge is -2.37. The fourth-order valence-corrected chi connectivity index (χ4v) is 4.21. The molecule has 0 aromatic heterocycles. The van der Waals surface area contributed by atoms with E-state index in [0.717, 1.165) is 12.8 Å². The summed E-state index contributed by atoms with van der Waals surface area (Å²) < 4.78 is 19.6. The summed E-state index contributed by atoms with van der Waals surface area (Å²) in [7, 11) is 0. The van der Waals surface area contributed by atoms with Crippen molar-refractivity contribution in [3.8, 4) is 0 Å². The van der Waals surface area contributed by atoms with Crippen LogP contribution in [0.15, 0.2) is 36.4 Å². The first kappa shape index (κ1) is 16.5. The van der Waals surface area contributed by atoms with Crippen LogP contribution in [0.1, 0.15) is 29.6 Å². The molecule has 1 amide bonds. The summed E-state index contributed by atoms with van der Waals surface area (Å²) in [5, 5.41) is 11.4. The lowest BCUT2D eigenvalue weighted by atomic mass is 9.89. The van der Waals surface area contributed by atoms with E-state index in [1.807, 2.05) is 11.0 Å². The number of aliphatic hydroxyl groups excluding tert-OH is 1. The number of benzene rings is 2. The summed E-state index contributed by atoms with van der Waals surface area (Å²) in [6.45, 7) is 1.72. The minimum absolute atomic E-state index is 0.0217. The van der Waals surface area contributed by atoms with Gasteiger partial charge in [-0.3, -0.25) is 4.79 Å².